The van der Waals surface area contributed by atoms with Crippen molar-refractivity contribution in [1.29, 1.82) is 0 Å². The Balaban J connectivity index is 0.00000320. The second-order valence-electron chi connectivity index (χ2n) is 6.61. The van der Waals surface area contributed by atoms with Gasteiger partial charge in [-0.15, -0.1) is 12.4 Å². The molecule has 1 N–H and O–H groups in total. The summed E-state index contributed by atoms with van der Waals surface area (Å²) in [5, 5.41) is 4.70. The topological polar surface area (TPSA) is 30.5 Å². The van der Waals surface area contributed by atoms with Crippen LogP contribution in [0.5, 0.6) is 11.5 Å². The third kappa shape index (κ3) is 7.10. The number of rotatable bonds is 10. The molecule has 160 valence electrons. The predicted octanol–water partition coefficient (Wildman–Crippen LogP) is 6.73. The van der Waals surface area contributed by atoms with Crippen molar-refractivity contribution in [2.45, 2.75) is 26.5 Å². The Kier molecular flexibility index (Phi) is 10.3. The third-order valence-electron chi connectivity index (χ3n) is 4.50. The lowest BCUT2D eigenvalue weighted by Gasteiger charge is -2.17. The van der Waals surface area contributed by atoms with Crippen LogP contribution in [0, 0.1) is 0 Å². The number of benzene rings is 3. The zero-order chi connectivity index (χ0) is 20.5. The quantitative estimate of drug-likeness (QED) is 0.336. The molecule has 0 spiro atoms. The summed E-state index contributed by atoms with van der Waals surface area (Å²) in [6.07, 6.45) is 0.975. The van der Waals surface area contributed by atoms with Crippen LogP contribution in [0.1, 0.15) is 23.6 Å². The Morgan fingerprint density at radius 3 is 2.40 bits per heavy atom. The summed E-state index contributed by atoms with van der Waals surface area (Å²) in [5.74, 6) is 1.48. The Hall–Kier alpha value is -1.91. The predicted molar refractivity (Wildman–Crippen MR) is 128 cm³/mol. The first kappa shape index (κ1) is 24.4. The highest BCUT2D eigenvalue weighted by Gasteiger charge is 2.12. The van der Waals surface area contributed by atoms with Crippen LogP contribution in [0.4, 0.5) is 0 Å². The first-order valence-electron chi connectivity index (χ1n) is 9.73. The molecule has 3 aromatic carbocycles. The van der Waals surface area contributed by atoms with Crippen molar-refractivity contribution in [2.24, 2.45) is 0 Å². The van der Waals surface area contributed by atoms with Gasteiger partial charge in [0.25, 0.3) is 0 Å². The van der Waals surface area contributed by atoms with Crippen LogP contribution in [0.2, 0.25) is 10.0 Å². The highest BCUT2D eigenvalue weighted by molar-refractivity contribution is 6.35. The van der Waals surface area contributed by atoms with Crippen LogP contribution in [-0.2, 0) is 19.6 Å². The summed E-state index contributed by atoms with van der Waals surface area (Å²) in [7, 11) is 0. The Morgan fingerprint density at radius 2 is 1.67 bits per heavy atom. The molecule has 0 aromatic heterocycles. The van der Waals surface area contributed by atoms with Crippen LogP contribution < -0.4 is 14.8 Å². The molecule has 0 bridgehead atoms. The van der Waals surface area contributed by atoms with E-state index in [0.29, 0.717) is 29.8 Å². The lowest BCUT2D eigenvalue weighted by molar-refractivity contribution is 0.266. The lowest BCUT2D eigenvalue weighted by Crippen LogP contribution is -2.17. The standard InChI is InChI=1S/C24H25Cl2NO2.ClH/c1-2-28-23-10-6-9-19(16-27-14-13-18-7-4-3-5-8-18)24(23)29-17-20-11-12-21(25)15-22(20)26;/h3-12,15,27H,2,13-14,16-17H2,1H3;1H. The number of hydrogen-bond donors (Lipinski definition) is 1. The van der Waals surface area contributed by atoms with Gasteiger partial charge in [0, 0.05) is 27.7 Å². The summed E-state index contributed by atoms with van der Waals surface area (Å²) in [4.78, 5) is 0. The second kappa shape index (κ2) is 12.7. The molecular formula is C24H26Cl3NO2. The molecule has 0 amide bonds. The summed E-state index contributed by atoms with van der Waals surface area (Å²) in [6, 6.07) is 21.8. The van der Waals surface area contributed by atoms with E-state index in [1.54, 1.807) is 6.07 Å². The first-order chi connectivity index (χ1) is 14.2. The number of ether oxygens (including phenoxy) is 2. The molecule has 0 aliphatic carbocycles. The monoisotopic (exact) mass is 465 g/mol. The molecule has 0 saturated carbocycles. The smallest absolute Gasteiger partial charge is 0.166 e. The molecule has 0 aliphatic heterocycles. The van der Waals surface area contributed by atoms with Gasteiger partial charge in [-0.3, -0.25) is 0 Å². The van der Waals surface area contributed by atoms with Gasteiger partial charge < -0.3 is 14.8 Å². The van der Waals surface area contributed by atoms with Crippen molar-refractivity contribution < 1.29 is 9.47 Å². The van der Waals surface area contributed by atoms with E-state index < -0.39 is 0 Å². The van der Waals surface area contributed by atoms with Gasteiger partial charge in [-0.25, -0.2) is 0 Å². The van der Waals surface area contributed by atoms with Gasteiger partial charge in [-0.2, -0.15) is 0 Å². The maximum atomic E-state index is 6.29. The number of hydrogen-bond acceptors (Lipinski definition) is 3. The van der Waals surface area contributed by atoms with Crippen molar-refractivity contribution in [3.05, 3.63) is 93.5 Å². The molecule has 30 heavy (non-hydrogen) atoms. The first-order valence-corrected chi connectivity index (χ1v) is 10.5. The van der Waals surface area contributed by atoms with E-state index in [2.05, 4.69) is 35.6 Å². The third-order valence-corrected chi connectivity index (χ3v) is 5.08. The summed E-state index contributed by atoms with van der Waals surface area (Å²) >= 11 is 12.3. The maximum absolute atomic E-state index is 6.29. The molecule has 0 atom stereocenters. The molecular weight excluding hydrogens is 441 g/mol. The molecule has 6 heteroatoms. The number of nitrogens with one attached hydrogen (secondary N) is 1. The highest BCUT2D eigenvalue weighted by atomic mass is 35.5. The van der Waals surface area contributed by atoms with Gasteiger partial charge in [0.15, 0.2) is 11.5 Å². The van der Waals surface area contributed by atoms with Gasteiger partial charge in [-0.1, -0.05) is 71.7 Å². The zero-order valence-electron chi connectivity index (χ0n) is 16.9. The van der Waals surface area contributed by atoms with E-state index in [1.165, 1.54) is 5.56 Å². The molecule has 0 heterocycles. The maximum Gasteiger partial charge on any atom is 0.166 e. The van der Waals surface area contributed by atoms with Crippen molar-refractivity contribution >= 4 is 35.6 Å². The Bertz CT molecular complexity index is 920. The fourth-order valence-corrected chi connectivity index (χ4v) is 3.49. The average molecular weight is 467 g/mol. The Morgan fingerprint density at radius 1 is 0.867 bits per heavy atom. The number of halogens is 3. The number of para-hydroxylation sites is 1. The van der Waals surface area contributed by atoms with Gasteiger partial charge in [0.05, 0.1) is 6.61 Å². The summed E-state index contributed by atoms with van der Waals surface area (Å²) in [5.41, 5.74) is 3.25. The van der Waals surface area contributed by atoms with E-state index in [0.717, 1.165) is 35.6 Å². The van der Waals surface area contributed by atoms with Gasteiger partial charge in [-0.05, 0) is 43.7 Å². The summed E-state index contributed by atoms with van der Waals surface area (Å²) in [6.45, 7) is 4.45. The van der Waals surface area contributed by atoms with E-state index >= 15 is 0 Å². The van der Waals surface area contributed by atoms with Gasteiger partial charge in [0.1, 0.15) is 6.61 Å². The second-order valence-corrected chi connectivity index (χ2v) is 7.46. The van der Waals surface area contributed by atoms with Crippen molar-refractivity contribution in [3.8, 4) is 11.5 Å². The molecule has 0 aliphatic rings. The van der Waals surface area contributed by atoms with Crippen molar-refractivity contribution in [3.63, 3.8) is 0 Å². The van der Waals surface area contributed by atoms with Crippen LogP contribution in [0.3, 0.4) is 0 Å². The van der Waals surface area contributed by atoms with Gasteiger partial charge >= 0.3 is 0 Å². The fourth-order valence-electron chi connectivity index (χ4n) is 3.02. The molecule has 0 unspecified atom stereocenters. The SMILES string of the molecule is CCOc1cccc(CNCCc2ccccc2)c1OCc1ccc(Cl)cc1Cl.Cl. The fraction of sp³-hybridized carbons (Fsp3) is 0.250. The highest BCUT2D eigenvalue weighted by Crippen LogP contribution is 2.33. The summed E-state index contributed by atoms with van der Waals surface area (Å²) < 4.78 is 11.9. The van der Waals surface area contributed by atoms with E-state index in [9.17, 15) is 0 Å². The van der Waals surface area contributed by atoms with Crippen LogP contribution >= 0.6 is 35.6 Å². The van der Waals surface area contributed by atoms with Crippen LogP contribution in [0.25, 0.3) is 0 Å². The minimum absolute atomic E-state index is 0. The average Bonchev–Trinajstić information content (AvgIpc) is 2.73. The molecule has 0 fully saturated rings. The van der Waals surface area contributed by atoms with Crippen molar-refractivity contribution in [2.75, 3.05) is 13.2 Å². The molecule has 3 nitrogen and oxygen atoms in total. The normalized spacial score (nSPS) is 10.4. The Labute approximate surface area is 194 Å². The van der Waals surface area contributed by atoms with E-state index in [4.69, 9.17) is 32.7 Å². The van der Waals surface area contributed by atoms with Crippen molar-refractivity contribution in [1.82, 2.24) is 5.32 Å². The molecule has 3 aromatic rings. The van der Waals surface area contributed by atoms with Gasteiger partial charge in [0.2, 0.25) is 0 Å². The minimum Gasteiger partial charge on any atom is -0.490 e. The minimum atomic E-state index is 0. The molecule has 0 saturated heterocycles. The lowest BCUT2D eigenvalue weighted by atomic mass is 10.1. The van der Waals surface area contributed by atoms with E-state index in [1.807, 2.05) is 37.3 Å². The van der Waals surface area contributed by atoms with Crippen LogP contribution in [-0.4, -0.2) is 13.2 Å². The largest absolute Gasteiger partial charge is 0.490 e. The van der Waals surface area contributed by atoms with Crippen LogP contribution in [0.15, 0.2) is 66.7 Å². The molecule has 3 rings (SSSR count). The molecule has 0 radical (unpaired) electrons. The van der Waals surface area contributed by atoms with E-state index in [-0.39, 0.29) is 12.4 Å². The zero-order valence-corrected chi connectivity index (χ0v) is 19.2.